The molecular weight excluding hydrogens is 865 g/mol. The predicted octanol–water partition coefficient (Wildman–Crippen LogP) is 18.9. The van der Waals surface area contributed by atoms with Crippen LogP contribution in [0, 0.1) is 5.92 Å². The van der Waals surface area contributed by atoms with Gasteiger partial charge in [-0.3, -0.25) is 0 Å². The summed E-state index contributed by atoms with van der Waals surface area (Å²) in [7, 11) is 0. The van der Waals surface area contributed by atoms with E-state index in [0.717, 1.165) is 17.9 Å². The van der Waals surface area contributed by atoms with E-state index in [0.29, 0.717) is 0 Å². The van der Waals surface area contributed by atoms with Crippen molar-refractivity contribution in [3.8, 4) is 44.5 Å². The van der Waals surface area contributed by atoms with Gasteiger partial charge in [0, 0.05) is 0 Å². The molecule has 0 heterocycles. The van der Waals surface area contributed by atoms with Crippen LogP contribution in [0.3, 0.4) is 0 Å². The highest BCUT2D eigenvalue weighted by Gasteiger charge is 2.58. The van der Waals surface area contributed by atoms with E-state index in [1.807, 2.05) is 12.1 Å². The van der Waals surface area contributed by atoms with Gasteiger partial charge < -0.3 is 0 Å². The van der Waals surface area contributed by atoms with Crippen molar-refractivity contribution in [1.82, 2.24) is 0 Å². The second kappa shape index (κ2) is 19.5. The zero-order valence-electron chi connectivity index (χ0n) is 41.8. The largest absolute Gasteiger partial charge is 0.0911 e. The number of hydrogen-bond acceptors (Lipinski definition) is 0. The molecule has 348 valence electrons. The van der Waals surface area contributed by atoms with Crippen molar-refractivity contribution in [3.63, 3.8) is 0 Å². The Hall–Kier alpha value is -8.32. The van der Waals surface area contributed by atoms with E-state index < -0.39 is 0 Å². The molecule has 0 fully saturated rings. The van der Waals surface area contributed by atoms with Crippen molar-refractivity contribution in [2.75, 3.05) is 0 Å². The van der Waals surface area contributed by atoms with Crippen LogP contribution in [0.4, 0.5) is 0 Å². The van der Waals surface area contributed by atoms with Gasteiger partial charge in [0.05, 0.1) is 10.8 Å². The van der Waals surface area contributed by atoms with Crippen LogP contribution >= 0.6 is 0 Å². The van der Waals surface area contributed by atoms with Crippen LogP contribution in [0.25, 0.3) is 55.7 Å². The Morgan fingerprint density at radius 1 is 0.333 bits per heavy atom. The summed E-state index contributed by atoms with van der Waals surface area (Å²) < 4.78 is 0. The SMILES string of the molecule is C=C(/C=C(\CC)c1ccc(-c2ccc(-c3ccccc3)cc2)cc1)c1ccccc1.CC(C)C.c1ccc2c(c1)-c1ccccc1C21c2ccccc2C2(c3ccccc3-c3ccccc32)c2ccccc21. The monoisotopic (exact) mass is 924 g/mol. The summed E-state index contributed by atoms with van der Waals surface area (Å²) in [4.78, 5) is 0. The molecule has 0 unspecified atom stereocenters. The Morgan fingerprint density at radius 2 is 0.597 bits per heavy atom. The van der Waals surface area contributed by atoms with Crippen LogP contribution in [0.15, 0.2) is 267 Å². The Balaban J connectivity index is 0.000000149. The molecule has 10 aromatic carbocycles. The van der Waals surface area contributed by atoms with Crippen molar-refractivity contribution in [1.29, 1.82) is 0 Å². The normalized spacial score (nSPS) is 13.5. The molecule has 72 heavy (non-hydrogen) atoms. The van der Waals surface area contributed by atoms with Gasteiger partial charge in [-0.2, -0.15) is 0 Å². The smallest absolute Gasteiger partial charge is 0.0720 e. The first-order valence-electron chi connectivity index (χ1n) is 25.7. The molecule has 2 spiro atoms. The van der Waals surface area contributed by atoms with Gasteiger partial charge in [0.25, 0.3) is 0 Å². The predicted molar refractivity (Wildman–Crippen MR) is 306 cm³/mol. The van der Waals surface area contributed by atoms with Gasteiger partial charge in [-0.1, -0.05) is 295 Å². The van der Waals surface area contributed by atoms with Crippen molar-refractivity contribution in [2.24, 2.45) is 5.92 Å². The van der Waals surface area contributed by atoms with Gasteiger partial charge in [0.15, 0.2) is 0 Å². The molecule has 0 saturated heterocycles. The first-order chi connectivity index (χ1) is 35.3. The Morgan fingerprint density at radius 3 is 0.931 bits per heavy atom. The maximum absolute atomic E-state index is 4.26. The standard InChI is InChI=1S/C38H24.C30H26.C4H10/c1-5-17-29-25(13-1)26-14-2-6-18-30(26)37(29)33-21-9-11-23-35(33)38(36-24-12-10-22-34(36)37)31-19-7-3-15-27(31)28-16-4-8-20-32(28)38;1-3-24(22-23(2)25-10-6-4-7-11-25)27-14-16-29(17-15-27)30-20-18-28(19-21-30)26-12-8-5-9-13-26;1-4(2)3/h1-24H;4-22H,2-3H2,1H3;4H,1-3H3/b;24-22+;. The lowest BCUT2D eigenvalue weighted by atomic mass is 9.52. The van der Waals surface area contributed by atoms with Crippen LogP contribution in [-0.4, -0.2) is 0 Å². The van der Waals surface area contributed by atoms with Crippen LogP contribution in [-0.2, 0) is 10.8 Å². The quantitative estimate of drug-likeness (QED) is 0.146. The highest BCUT2D eigenvalue weighted by Crippen LogP contribution is 2.67. The molecule has 0 heteroatoms. The summed E-state index contributed by atoms with van der Waals surface area (Å²) >= 11 is 0. The van der Waals surface area contributed by atoms with E-state index >= 15 is 0 Å². The third kappa shape index (κ3) is 7.71. The van der Waals surface area contributed by atoms with E-state index in [1.54, 1.807) is 0 Å². The molecule has 0 aromatic heterocycles. The number of benzene rings is 10. The van der Waals surface area contributed by atoms with E-state index in [1.165, 1.54) is 106 Å². The van der Waals surface area contributed by atoms with E-state index in [2.05, 4.69) is 283 Å². The van der Waals surface area contributed by atoms with E-state index in [4.69, 9.17) is 0 Å². The van der Waals surface area contributed by atoms with Crippen LogP contribution in [0.1, 0.15) is 89.8 Å². The molecule has 10 aromatic rings. The molecular formula is C72H60. The van der Waals surface area contributed by atoms with E-state index in [9.17, 15) is 0 Å². The number of hydrogen-bond donors (Lipinski definition) is 0. The molecule has 0 atom stereocenters. The molecule has 0 aliphatic heterocycles. The number of rotatable bonds is 6. The lowest BCUT2D eigenvalue weighted by molar-refractivity contribution is 0.633. The van der Waals surface area contributed by atoms with Crippen molar-refractivity contribution in [3.05, 3.63) is 323 Å². The minimum atomic E-state index is -0.363. The van der Waals surface area contributed by atoms with Gasteiger partial charge in [-0.05, 0) is 124 Å². The summed E-state index contributed by atoms with van der Waals surface area (Å²) in [5.74, 6) is 0.833. The van der Waals surface area contributed by atoms with E-state index in [-0.39, 0.29) is 10.8 Å². The van der Waals surface area contributed by atoms with Gasteiger partial charge in [0.2, 0.25) is 0 Å². The van der Waals surface area contributed by atoms with Gasteiger partial charge in [-0.15, -0.1) is 0 Å². The van der Waals surface area contributed by atoms with Gasteiger partial charge in [0.1, 0.15) is 0 Å². The highest BCUT2D eigenvalue weighted by atomic mass is 14.6. The van der Waals surface area contributed by atoms with Gasteiger partial charge in [-0.25, -0.2) is 0 Å². The molecule has 0 N–H and O–H groups in total. The second-order valence-corrected chi connectivity index (χ2v) is 19.9. The Kier molecular flexibility index (Phi) is 12.5. The first-order valence-corrected chi connectivity index (χ1v) is 25.7. The number of allylic oxidation sites excluding steroid dienone is 3. The highest BCUT2D eigenvalue weighted by molar-refractivity contribution is 5.93. The third-order valence-electron chi connectivity index (χ3n) is 14.8. The summed E-state index contributed by atoms with van der Waals surface area (Å²) in [6, 6.07) is 93.2. The Labute approximate surface area is 427 Å². The molecule has 3 aliphatic carbocycles. The molecule has 0 radical (unpaired) electrons. The fourth-order valence-corrected chi connectivity index (χ4v) is 11.9. The minimum Gasteiger partial charge on any atom is -0.0911 e. The number of fused-ring (bicyclic) bond motifs is 16. The molecule has 0 saturated carbocycles. The van der Waals surface area contributed by atoms with Crippen molar-refractivity contribution >= 4 is 11.1 Å². The molecule has 0 nitrogen and oxygen atoms in total. The Bertz CT molecular complexity index is 3300. The zero-order valence-corrected chi connectivity index (χ0v) is 41.8. The first kappa shape index (κ1) is 46.1. The average Bonchev–Trinajstić information content (AvgIpc) is 3.91. The molecule has 0 amide bonds. The molecule has 0 bridgehead atoms. The van der Waals surface area contributed by atoms with Crippen molar-refractivity contribution < 1.29 is 0 Å². The average molecular weight is 925 g/mol. The fraction of sp³-hybridized carbons (Fsp3) is 0.111. The summed E-state index contributed by atoms with van der Waals surface area (Å²) in [6.45, 7) is 13.0. The van der Waals surface area contributed by atoms with Crippen LogP contribution < -0.4 is 0 Å². The molecule has 13 rings (SSSR count). The van der Waals surface area contributed by atoms with Crippen molar-refractivity contribution in [2.45, 2.75) is 44.9 Å². The maximum Gasteiger partial charge on any atom is 0.0720 e. The van der Waals surface area contributed by atoms with Gasteiger partial charge >= 0.3 is 0 Å². The third-order valence-corrected chi connectivity index (χ3v) is 14.8. The lowest BCUT2D eigenvalue weighted by Crippen LogP contribution is -2.43. The topological polar surface area (TPSA) is 0 Å². The van der Waals surface area contributed by atoms with Crippen LogP contribution in [0.2, 0.25) is 0 Å². The summed E-state index contributed by atoms with van der Waals surface area (Å²) in [5.41, 5.74) is 25.5. The maximum atomic E-state index is 4.26. The lowest BCUT2D eigenvalue weighted by Gasteiger charge is -2.48. The van der Waals surface area contributed by atoms with Crippen LogP contribution in [0.5, 0.6) is 0 Å². The summed E-state index contributed by atoms with van der Waals surface area (Å²) in [5, 5.41) is 0. The second-order valence-electron chi connectivity index (χ2n) is 19.9. The molecule has 3 aliphatic rings. The summed E-state index contributed by atoms with van der Waals surface area (Å²) in [6.07, 6.45) is 3.18. The fourth-order valence-electron chi connectivity index (χ4n) is 11.9. The zero-order chi connectivity index (χ0) is 49.2. The minimum absolute atomic E-state index is 0.363.